The average Bonchev–Trinajstić information content (AvgIpc) is 2.42. The van der Waals surface area contributed by atoms with Crippen LogP contribution in [0.4, 0.5) is 4.79 Å². The van der Waals surface area contributed by atoms with Gasteiger partial charge in [0, 0.05) is 32.7 Å². The van der Waals surface area contributed by atoms with Crippen LogP contribution in [0.1, 0.15) is 6.42 Å². The minimum Gasteiger partial charge on any atom is -0.481 e. The first kappa shape index (κ1) is 15.2. The monoisotopic (exact) mass is 273 g/mol. The number of urea groups is 1. The molecule has 0 radical (unpaired) electrons. The topological polar surface area (TPSA) is 99.2 Å². The Hall–Kier alpha value is -1.83. The first-order valence-corrected chi connectivity index (χ1v) is 6.06. The second kappa shape index (κ2) is 7.57. The lowest BCUT2D eigenvalue weighted by molar-refractivity contribution is -0.139. The van der Waals surface area contributed by atoms with Crippen molar-refractivity contribution in [3.05, 3.63) is 0 Å². The normalized spacial score (nSPS) is 15.9. The van der Waals surface area contributed by atoms with Crippen molar-refractivity contribution < 1.29 is 24.2 Å². The molecule has 0 atom stereocenters. The molecule has 0 unspecified atom stereocenters. The summed E-state index contributed by atoms with van der Waals surface area (Å²) in [5, 5.41) is 11.1. The van der Waals surface area contributed by atoms with Crippen LogP contribution in [-0.4, -0.2) is 79.3 Å². The molecule has 0 aromatic heterocycles. The van der Waals surface area contributed by atoms with Crippen LogP contribution in [0.2, 0.25) is 0 Å². The minimum absolute atomic E-state index is 0.106. The van der Waals surface area contributed by atoms with E-state index in [2.05, 4.69) is 10.1 Å². The lowest BCUT2D eigenvalue weighted by atomic mass is 10.3. The Morgan fingerprint density at radius 2 is 1.84 bits per heavy atom. The molecule has 1 aliphatic heterocycles. The number of piperazine rings is 1. The van der Waals surface area contributed by atoms with E-state index in [1.165, 1.54) is 7.11 Å². The zero-order chi connectivity index (χ0) is 14.3. The Labute approximate surface area is 111 Å². The number of carboxylic acids is 1. The second-order valence-corrected chi connectivity index (χ2v) is 4.21. The van der Waals surface area contributed by atoms with Gasteiger partial charge in [-0.3, -0.25) is 14.5 Å². The summed E-state index contributed by atoms with van der Waals surface area (Å²) < 4.78 is 4.42. The van der Waals surface area contributed by atoms with Crippen LogP contribution < -0.4 is 5.32 Å². The van der Waals surface area contributed by atoms with Crippen molar-refractivity contribution in [2.24, 2.45) is 0 Å². The zero-order valence-corrected chi connectivity index (χ0v) is 10.9. The molecule has 0 aromatic rings. The summed E-state index contributed by atoms with van der Waals surface area (Å²) >= 11 is 0. The van der Waals surface area contributed by atoms with Crippen molar-refractivity contribution in [2.75, 3.05) is 46.4 Å². The van der Waals surface area contributed by atoms with E-state index in [1.807, 2.05) is 4.90 Å². The van der Waals surface area contributed by atoms with Crippen molar-refractivity contribution in [3.63, 3.8) is 0 Å². The number of carboxylic acid groups (broad SMARTS) is 1. The molecule has 0 saturated carbocycles. The molecule has 2 amide bonds. The number of nitrogens with zero attached hydrogens (tertiary/aromatic N) is 2. The van der Waals surface area contributed by atoms with E-state index in [9.17, 15) is 14.4 Å². The van der Waals surface area contributed by atoms with E-state index >= 15 is 0 Å². The number of hydrogen-bond donors (Lipinski definition) is 2. The Kier molecular flexibility index (Phi) is 6.07. The Morgan fingerprint density at radius 1 is 1.21 bits per heavy atom. The molecule has 0 bridgehead atoms. The van der Waals surface area contributed by atoms with Gasteiger partial charge in [0.1, 0.15) is 6.54 Å². The number of aliphatic carboxylic acids is 1. The summed E-state index contributed by atoms with van der Waals surface area (Å²) in [7, 11) is 1.26. The van der Waals surface area contributed by atoms with E-state index in [0.717, 1.165) is 0 Å². The van der Waals surface area contributed by atoms with E-state index in [4.69, 9.17) is 5.11 Å². The molecule has 19 heavy (non-hydrogen) atoms. The average molecular weight is 273 g/mol. The fourth-order valence-corrected chi connectivity index (χ4v) is 1.76. The fourth-order valence-electron chi connectivity index (χ4n) is 1.76. The van der Waals surface area contributed by atoms with Gasteiger partial charge >= 0.3 is 18.0 Å². The summed E-state index contributed by atoms with van der Waals surface area (Å²) in [5.74, 6) is -1.31. The third-order valence-electron chi connectivity index (χ3n) is 2.91. The molecule has 1 fully saturated rings. The highest BCUT2D eigenvalue weighted by Crippen LogP contribution is 2.02. The molecule has 1 heterocycles. The summed E-state index contributed by atoms with van der Waals surface area (Å²) in [6.07, 6.45) is 0.106. The highest BCUT2D eigenvalue weighted by Gasteiger charge is 2.21. The van der Waals surface area contributed by atoms with Gasteiger partial charge in [0.15, 0.2) is 0 Å². The molecule has 0 aromatic carbocycles. The summed E-state index contributed by atoms with van der Waals surface area (Å²) in [4.78, 5) is 36.6. The SMILES string of the molecule is COC(=O)CNC(=O)N1CCN(CCC(=O)O)CC1. The standard InChI is InChI=1S/C11H19N3O5/c1-19-10(17)8-12-11(18)14-6-4-13(5-7-14)3-2-9(15)16/h2-8H2,1H3,(H,12,18)(H,15,16). The van der Waals surface area contributed by atoms with Crippen molar-refractivity contribution in [2.45, 2.75) is 6.42 Å². The lowest BCUT2D eigenvalue weighted by Crippen LogP contribution is -2.52. The smallest absolute Gasteiger partial charge is 0.325 e. The number of carbonyl (C=O) groups is 3. The van der Waals surface area contributed by atoms with Crippen LogP contribution in [0.15, 0.2) is 0 Å². The van der Waals surface area contributed by atoms with Gasteiger partial charge in [-0.05, 0) is 0 Å². The third kappa shape index (κ3) is 5.56. The van der Waals surface area contributed by atoms with Gasteiger partial charge in [-0.25, -0.2) is 4.79 Å². The number of methoxy groups -OCH3 is 1. The van der Waals surface area contributed by atoms with Crippen LogP contribution in [0.5, 0.6) is 0 Å². The van der Waals surface area contributed by atoms with Crippen LogP contribution in [0, 0.1) is 0 Å². The maximum absolute atomic E-state index is 11.7. The van der Waals surface area contributed by atoms with Gasteiger partial charge in [-0.15, -0.1) is 0 Å². The number of rotatable bonds is 5. The first-order valence-electron chi connectivity index (χ1n) is 6.06. The maximum Gasteiger partial charge on any atom is 0.325 e. The van der Waals surface area contributed by atoms with E-state index in [1.54, 1.807) is 4.90 Å². The molecule has 8 heteroatoms. The molecular formula is C11H19N3O5. The summed E-state index contributed by atoms with van der Waals surface area (Å²) in [6.45, 7) is 2.67. The quantitative estimate of drug-likeness (QED) is 0.621. The van der Waals surface area contributed by atoms with E-state index in [-0.39, 0.29) is 19.0 Å². The third-order valence-corrected chi connectivity index (χ3v) is 2.91. The van der Waals surface area contributed by atoms with Crippen molar-refractivity contribution >= 4 is 18.0 Å². The van der Waals surface area contributed by atoms with Crippen LogP contribution in [0.25, 0.3) is 0 Å². The molecule has 1 rings (SSSR count). The Bertz CT molecular complexity index is 339. The number of amides is 2. The van der Waals surface area contributed by atoms with Crippen molar-refractivity contribution in [1.29, 1.82) is 0 Å². The lowest BCUT2D eigenvalue weighted by Gasteiger charge is -2.34. The number of ether oxygens (including phenoxy) is 1. The Morgan fingerprint density at radius 3 is 2.37 bits per heavy atom. The maximum atomic E-state index is 11.7. The number of carbonyl (C=O) groups excluding carboxylic acids is 2. The Balaban J connectivity index is 2.23. The zero-order valence-electron chi connectivity index (χ0n) is 10.9. The van der Waals surface area contributed by atoms with Gasteiger partial charge in [0.25, 0.3) is 0 Å². The van der Waals surface area contributed by atoms with Crippen LogP contribution in [0.3, 0.4) is 0 Å². The molecule has 8 nitrogen and oxygen atoms in total. The van der Waals surface area contributed by atoms with Gasteiger partial charge in [-0.2, -0.15) is 0 Å². The van der Waals surface area contributed by atoms with Crippen molar-refractivity contribution in [3.8, 4) is 0 Å². The largest absolute Gasteiger partial charge is 0.481 e. The van der Waals surface area contributed by atoms with Crippen LogP contribution in [-0.2, 0) is 14.3 Å². The minimum atomic E-state index is -0.821. The first-order chi connectivity index (χ1) is 9.02. The molecule has 0 aliphatic carbocycles. The number of nitrogens with one attached hydrogen (secondary N) is 1. The molecule has 1 saturated heterocycles. The van der Waals surface area contributed by atoms with E-state index in [0.29, 0.717) is 32.7 Å². The number of esters is 1. The van der Waals surface area contributed by atoms with Crippen LogP contribution >= 0.6 is 0 Å². The molecular weight excluding hydrogens is 254 g/mol. The highest BCUT2D eigenvalue weighted by molar-refractivity contribution is 5.80. The molecule has 108 valence electrons. The highest BCUT2D eigenvalue weighted by atomic mass is 16.5. The summed E-state index contributed by atoms with van der Waals surface area (Å²) in [5.41, 5.74) is 0. The van der Waals surface area contributed by atoms with Gasteiger partial charge in [0.05, 0.1) is 13.5 Å². The van der Waals surface area contributed by atoms with Gasteiger partial charge in [-0.1, -0.05) is 0 Å². The van der Waals surface area contributed by atoms with Crippen molar-refractivity contribution in [1.82, 2.24) is 15.1 Å². The summed E-state index contributed by atoms with van der Waals surface area (Å²) in [6, 6.07) is -0.303. The fraction of sp³-hybridized carbons (Fsp3) is 0.727. The van der Waals surface area contributed by atoms with Gasteiger partial charge < -0.3 is 20.1 Å². The van der Waals surface area contributed by atoms with E-state index < -0.39 is 11.9 Å². The molecule has 1 aliphatic rings. The molecule has 2 N–H and O–H groups in total. The second-order valence-electron chi connectivity index (χ2n) is 4.21. The number of hydrogen-bond acceptors (Lipinski definition) is 5. The predicted molar refractivity (Wildman–Crippen MR) is 65.7 cm³/mol. The predicted octanol–water partition coefficient (Wildman–Crippen LogP) is -1.04. The molecule has 0 spiro atoms. The van der Waals surface area contributed by atoms with Gasteiger partial charge in [0.2, 0.25) is 0 Å².